The number of fused-ring (bicyclic) bond motifs is 1. The minimum absolute atomic E-state index is 0.317. The Bertz CT molecular complexity index is 589. The number of para-hydroxylation sites is 1. The quantitative estimate of drug-likeness (QED) is 0.747. The Labute approximate surface area is 91.7 Å². The maximum absolute atomic E-state index is 10.9. The topological polar surface area (TPSA) is 57.2 Å². The van der Waals surface area contributed by atoms with Gasteiger partial charge in [0.15, 0.2) is 0 Å². The van der Waals surface area contributed by atoms with Crippen LogP contribution in [0.4, 0.5) is 4.79 Å². The fourth-order valence-corrected chi connectivity index (χ4v) is 1.73. The van der Waals surface area contributed by atoms with E-state index in [1.54, 1.807) is 0 Å². The van der Waals surface area contributed by atoms with E-state index in [9.17, 15) is 4.79 Å². The molecule has 0 fully saturated rings. The molecule has 0 saturated heterocycles. The molecule has 0 spiro atoms. The molecule has 2 heterocycles. The summed E-state index contributed by atoms with van der Waals surface area (Å²) >= 11 is 0. The Morgan fingerprint density at radius 3 is 2.88 bits per heavy atom. The van der Waals surface area contributed by atoms with Gasteiger partial charge in [-0.25, -0.2) is 4.79 Å². The second-order valence-corrected chi connectivity index (χ2v) is 3.60. The van der Waals surface area contributed by atoms with E-state index < -0.39 is 0 Å². The highest BCUT2D eigenvalue weighted by Gasteiger charge is 2.08. The van der Waals surface area contributed by atoms with E-state index in [-0.39, 0.29) is 6.03 Å². The van der Waals surface area contributed by atoms with Crippen molar-refractivity contribution in [2.24, 2.45) is 4.99 Å². The van der Waals surface area contributed by atoms with Gasteiger partial charge in [-0.3, -0.25) is 0 Å². The molecular weight excluding hydrogens is 202 g/mol. The standard InChI is InChI=1S/C12H9N3O/c16-12-13-7-10(15-12)6-9-5-8-3-1-2-4-11(8)14-9/h1-7,14H,(H,15,16). The summed E-state index contributed by atoms with van der Waals surface area (Å²) in [6.07, 6.45) is 3.38. The first-order valence-corrected chi connectivity index (χ1v) is 4.96. The first-order chi connectivity index (χ1) is 7.81. The summed E-state index contributed by atoms with van der Waals surface area (Å²) in [6, 6.07) is 9.73. The number of aromatic nitrogens is 1. The summed E-state index contributed by atoms with van der Waals surface area (Å²) in [6.45, 7) is 0. The third-order valence-corrected chi connectivity index (χ3v) is 2.43. The van der Waals surface area contributed by atoms with Gasteiger partial charge in [-0.2, -0.15) is 4.99 Å². The first kappa shape index (κ1) is 8.91. The fraction of sp³-hybridized carbons (Fsp3) is 0. The van der Waals surface area contributed by atoms with Crippen molar-refractivity contribution in [3.8, 4) is 0 Å². The number of H-pyrrole nitrogens is 1. The molecule has 1 aromatic heterocycles. The molecule has 16 heavy (non-hydrogen) atoms. The predicted molar refractivity (Wildman–Crippen MR) is 63.3 cm³/mol. The van der Waals surface area contributed by atoms with E-state index in [1.165, 1.54) is 6.21 Å². The van der Waals surface area contributed by atoms with Crippen LogP contribution in [0.15, 0.2) is 41.0 Å². The number of hydrogen-bond donors (Lipinski definition) is 2. The van der Waals surface area contributed by atoms with Gasteiger partial charge >= 0.3 is 6.03 Å². The molecule has 2 aromatic rings. The Morgan fingerprint density at radius 2 is 2.12 bits per heavy atom. The molecule has 4 nitrogen and oxygen atoms in total. The van der Waals surface area contributed by atoms with Gasteiger partial charge in [-0.15, -0.1) is 0 Å². The first-order valence-electron chi connectivity index (χ1n) is 4.96. The Morgan fingerprint density at radius 1 is 1.25 bits per heavy atom. The van der Waals surface area contributed by atoms with Gasteiger partial charge in [0.25, 0.3) is 0 Å². The molecule has 0 bridgehead atoms. The van der Waals surface area contributed by atoms with Crippen molar-refractivity contribution in [2.45, 2.75) is 0 Å². The van der Waals surface area contributed by atoms with Crippen LogP contribution in [0.25, 0.3) is 17.0 Å². The summed E-state index contributed by atoms with van der Waals surface area (Å²) in [5.41, 5.74) is 2.73. The average molecular weight is 211 g/mol. The third kappa shape index (κ3) is 1.50. The molecule has 0 aliphatic carbocycles. The molecule has 0 radical (unpaired) electrons. The molecule has 3 rings (SSSR count). The molecule has 1 aliphatic rings. The van der Waals surface area contributed by atoms with Crippen LogP contribution in [0.5, 0.6) is 0 Å². The van der Waals surface area contributed by atoms with Gasteiger partial charge in [-0.1, -0.05) is 18.2 Å². The minimum Gasteiger partial charge on any atom is -0.355 e. The van der Waals surface area contributed by atoms with Crippen LogP contribution < -0.4 is 5.32 Å². The lowest BCUT2D eigenvalue weighted by molar-refractivity contribution is 0.253. The van der Waals surface area contributed by atoms with Crippen LogP contribution in [-0.2, 0) is 0 Å². The predicted octanol–water partition coefficient (Wildman–Crippen LogP) is 2.30. The molecule has 0 unspecified atom stereocenters. The highest BCUT2D eigenvalue weighted by molar-refractivity contribution is 6.03. The van der Waals surface area contributed by atoms with Crippen molar-refractivity contribution >= 4 is 29.2 Å². The fourth-order valence-electron chi connectivity index (χ4n) is 1.73. The molecule has 1 aromatic carbocycles. The number of aromatic amines is 1. The SMILES string of the molecule is O=C1N=CC(=Cc2cc3ccccc3[nH]2)N1. The normalized spacial score (nSPS) is 17.2. The number of allylic oxidation sites excluding steroid dienone is 1. The summed E-state index contributed by atoms with van der Waals surface area (Å²) in [5, 5.41) is 3.78. The second kappa shape index (κ2) is 3.34. The van der Waals surface area contributed by atoms with Crippen LogP contribution in [0.1, 0.15) is 5.69 Å². The Hall–Kier alpha value is -2.36. The van der Waals surface area contributed by atoms with Crippen LogP contribution in [0.3, 0.4) is 0 Å². The number of aliphatic imine (C=N–C) groups is 1. The number of urea groups is 1. The van der Waals surface area contributed by atoms with Gasteiger partial charge < -0.3 is 10.3 Å². The van der Waals surface area contributed by atoms with Crippen molar-refractivity contribution < 1.29 is 4.79 Å². The number of amides is 2. The molecule has 78 valence electrons. The van der Waals surface area contributed by atoms with E-state index in [2.05, 4.69) is 15.3 Å². The smallest absolute Gasteiger partial charge is 0.345 e. The van der Waals surface area contributed by atoms with E-state index in [0.717, 1.165) is 16.6 Å². The Kier molecular flexibility index (Phi) is 1.86. The summed E-state index contributed by atoms with van der Waals surface area (Å²) < 4.78 is 0. The highest BCUT2D eigenvalue weighted by Crippen LogP contribution is 2.16. The maximum Gasteiger partial charge on any atom is 0.345 e. The van der Waals surface area contributed by atoms with Gasteiger partial charge in [0.05, 0.1) is 11.9 Å². The van der Waals surface area contributed by atoms with Crippen molar-refractivity contribution in [1.29, 1.82) is 0 Å². The number of carbonyl (C=O) groups is 1. The third-order valence-electron chi connectivity index (χ3n) is 2.43. The zero-order chi connectivity index (χ0) is 11.0. The largest absolute Gasteiger partial charge is 0.355 e. The average Bonchev–Trinajstić information content (AvgIpc) is 2.84. The molecule has 1 aliphatic heterocycles. The Balaban J connectivity index is 2.01. The molecule has 0 saturated carbocycles. The van der Waals surface area contributed by atoms with E-state index in [4.69, 9.17) is 0 Å². The zero-order valence-corrected chi connectivity index (χ0v) is 8.40. The molecule has 2 amide bonds. The monoisotopic (exact) mass is 211 g/mol. The number of carbonyl (C=O) groups excluding carboxylic acids is 1. The van der Waals surface area contributed by atoms with Crippen molar-refractivity contribution in [3.63, 3.8) is 0 Å². The van der Waals surface area contributed by atoms with E-state index >= 15 is 0 Å². The summed E-state index contributed by atoms with van der Waals surface area (Å²) in [4.78, 5) is 17.7. The van der Waals surface area contributed by atoms with Crippen LogP contribution >= 0.6 is 0 Å². The minimum atomic E-state index is -0.317. The second-order valence-electron chi connectivity index (χ2n) is 3.60. The zero-order valence-electron chi connectivity index (χ0n) is 8.40. The van der Waals surface area contributed by atoms with Crippen molar-refractivity contribution in [2.75, 3.05) is 0 Å². The molecule has 2 N–H and O–H groups in total. The number of nitrogens with zero attached hydrogens (tertiary/aromatic N) is 1. The lowest BCUT2D eigenvalue weighted by Crippen LogP contribution is -2.11. The number of rotatable bonds is 1. The van der Waals surface area contributed by atoms with Crippen LogP contribution in [-0.4, -0.2) is 17.2 Å². The maximum atomic E-state index is 10.9. The number of benzene rings is 1. The van der Waals surface area contributed by atoms with Gasteiger partial charge in [0.2, 0.25) is 0 Å². The molecule has 4 heteroatoms. The number of hydrogen-bond acceptors (Lipinski definition) is 1. The van der Waals surface area contributed by atoms with Gasteiger partial charge in [-0.05, 0) is 23.6 Å². The number of nitrogens with one attached hydrogen (secondary N) is 2. The highest BCUT2D eigenvalue weighted by atomic mass is 16.2. The van der Waals surface area contributed by atoms with Gasteiger partial charge in [0.1, 0.15) is 0 Å². The van der Waals surface area contributed by atoms with Crippen molar-refractivity contribution in [3.05, 3.63) is 41.7 Å². The van der Waals surface area contributed by atoms with E-state index in [0.29, 0.717) is 5.70 Å². The van der Waals surface area contributed by atoms with Crippen LogP contribution in [0, 0.1) is 0 Å². The van der Waals surface area contributed by atoms with E-state index in [1.807, 2.05) is 36.4 Å². The summed E-state index contributed by atoms with van der Waals surface area (Å²) in [7, 11) is 0. The van der Waals surface area contributed by atoms with Gasteiger partial charge in [0, 0.05) is 11.2 Å². The van der Waals surface area contributed by atoms with Crippen molar-refractivity contribution in [1.82, 2.24) is 10.3 Å². The molecule has 0 atom stereocenters. The lowest BCUT2D eigenvalue weighted by Gasteiger charge is -1.92. The van der Waals surface area contributed by atoms with Crippen LogP contribution in [0.2, 0.25) is 0 Å². The lowest BCUT2D eigenvalue weighted by atomic mass is 10.2. The molecular formula is C12H9N3O. The summed E-state index contributed by atoms with van der Waals surface area (Å²) in [5.74, 6) is 0.